The van der Waals surface area contributed by atoms with Crippen LogP contribution < -0.4 is 14.4 Å². The van der Waals surface area contributed by atoms with E-state index in [1.165, 1.54) is 11.3 Å². The van der Waals surface area contributed by atoms with Crippen molar-refractivity contribution in [2.75, 3.05) is 45.4 Å². The van der Waals surface area contributed by atoms with Crippen LogP contribution in [0.25, 0.3) is 26.4 Å². The molecular formula is C20H20N4O3S. The number of methoxy groups -OCH3 is 2. The molecule has 0 amide bonds. The number of rotatable bonds is 4. The Hall–Kier alpha value is -2.89. The Kier molecular flexibility index (Phi) is 5.03. The highest BCUT2D eigenvalue weighted by atomic mass is 32.1. The Bertz CT molecular complexity index is 1070. The maximum atomic E-state index is 7.47. The van der Waals surface area contributed by atoms with Crippen molar-refractivity contribution in [2.45, 2.75) is 6.92 Å². The first-order chi connectivity index (χ1) is 13.7. The van der Waals surface area contributed by atoms with E-state index < -0.39 is 0 Å². The fourth-order valence-corrected chi connectivity index (χ4v) is 4.28. The molecule has 0 aliphatic carbocycles. The van der Waals surface area contributed by atoms with Gasteiger partial charge in [0.2, 0.25) is 5.00 Å². The lowest BCUT2D eigenvalue weighted by Gasteiger charge is -2.28. The number of aryl methyl sites for hydroxylation is 1. The number of fused-ring (bicyclic) bond motifs is 1. The number of nitrogens with zero attached hydrogens (tertiary/aromatic N) is 4. The third-order valence-electron chi connectivity index (χ3n) is 4.80. The number of ether oxygens (including phenoxy) is 3. The predicted octanol–water partition coefficient (Wildman–Crippen LogP) is 4.07. The molecule has 28 heavy (non-hydrogen) atoms. The molecular weight excluding hydrogens is 376 g/mol. The number of benzene rings is 1. The Morgan fingerprint density at radius 2 is 1.89 bits per heavy atom. The van der Waals surface area contributed by atoms with E-state index >= 15 is 0 Å². The van der Waals surface area contributed by atoms with Crippen LogP contribution in [0.2, 0.25) is 0 Å². The molecule has 4 rings (SSSR count). The van der Waals surface area contributed by atoms with Gasteiger partial charge in [-0.25, -0.2) is 14.8 Å². The molecule has 1 fully saturated rings. The Morgan fingerprint density at radius 3 is 2.57 bits per heavy atom. The average molecular weight is 396 g/mol. The van der Waals surface area contributed by atoms with Crippen molar-refractivity contribution in [3.63, 3.8) is 0 Å². The van der Waals surface area contributed by atoms with Crippen LogP contribution in [0.3, 0.4) is 0 Å². The molecule has 0 bridgehead atoms. The maximum absolute atomic E-state index is 7.47. The van der Waals surface area contributed by atoms with Crippen LogP contribution in [-0.2, 0) is 4.74 Å². The second-order valence-electron chi connectivity index (χ2n) is 6.36. The lowest BCUT2D eigenvalue weighted by molar-refractivity contribution is 0.122. The fraction of sp³-hybridized carbons (Fsp3) is 0.350. The number of thiophene rings is 1. The number of morpholine rings is 1. The average Bonchev–Trinajstić information content (AvgIpc) is 3.08. The monoisotopic (exact) mass is 396 g/mol. The summed E-state index contributed by atoms with van der Waals surface area (Å²) in [5, 5.41) is 1.62. The minimum Gasteiger partial charge on any atom is -0.493 e. The molecule has 1 aromatic carbocycles. The van der Waals surface area contributed by atoms with Crippen molar-refractivity contribution in [2.24, 2.45) is 0 Å². The Morgan fingerprint density at radius 1 is 1.14 bits per heavy atom. The summed E-state index contributed by atoms with van der Waals surface area (Å²) >= 11 is 1.41. The summed E-state index contributed by atoms with van der Waals surface area (Å²) < 4.78 is 16.3. The fourth-order valence-electron chi connectivity index (χ4n) is 3.32. The molecule has 0 atom stereocenters. The molecule has 0 N–H and O–H groups in total. The molecule has 0 unspecified atom stereocenters. The van der Waals surface area contributed by atoms with Crippen molar-refractivity contribution in [3.8, 4) is 22.9 Å². The molecule has 7 nitrogen and oxygen atoms in total. The summed E-state index contributed by atoms with van der Waals surface area (Å²) in [6.45, 7) is 12.3. The van der Waals surface area contributed by atoms with Gasteiger partial charge in [0.15, 0.2) is 17.3 Å². The SMILES string of the molecule is [C-]#[N+]c1sc2nc(-c3ccc(OC)c(OC)c3)nc(N3CCOCC3)c2c1C. The molecule has 0 radical (unpaired) electrons. The zero-order valence-corrected chi connectivity index (χ0v) is 16.8. The lowest BCUT2D eigenvalue weighted by atomic mass is 10.1. The van der Waals surface area contributed by atoms with Gasteiger partial charge < -0.3 is 19.1 Å². The van der Waals surface area contributed by atoms with E-state index in [0.717, 1.165) is 40.3 Å². The summed E-state index contributed by atoms with van der Waals surface area (Å²) in [5.41, 5.74) is 1.78. The van der Waals surface area contributed by atoms with Crippen molar-refractivity contribution in [1.82, 2.24) is 9.97 Å². The third-order valence-corrected chi connectivity index (χ3v) is 5.88. The van der Waals surface area contributed by atoms with Gasteiger partial charge in [0, 0.05) is 24.0 Å². The van der Waals surface area contributed by atoms with Gasteiger partial charge in [-0.3, -0.25) is 0 Å². The number of hydrogen-bond acceptors (Lipinski definition) is 7. The molecule has 2 aromatic heterocycles. The molecule has 1 saturated heterocycles. The van der Waals surface area contributed by atoms with E-state index in [2.05, 4.69) is 9.74 Å². The van der Waals surface area contributed by atoms with Gasteiger partial charge in [0.1, 0.15) is 10.6 Å². The molecule has 3 heterocycles. The van der Waals surface area contributed by atoms with Gasteiger partial charge in [-0.05, 0) is 30.7 Å². The third kappa shape index (κ3) is 3.13. The standard InChI is InChI=1S/C20H20N4O3S/c1-12-16-18(24-7-9-27-10-8-24)22-17(23-20(16)28-19(12)21-2)13-5-6-14(25-3)15(11-13)26-4/h5-6,11H,7-10H2,1,3-4H3. The van der Waals surface area contributed by atoms with E-state index in [9.17, 15) is 0 Å². The number of aromatic nitrogens is 2. The minimum atomic E-state index is 0.604. The van der Waals surface area contributed by atoms with Gasteiger partial charge in [0.25, 0.3) is 0 Å². The van der Waals surface area contributed by atoms with E-state index in [1.54, 1.807) is 14.2 Å². The van der Waals surface area contributed by atoms with Gasteiger partial charge in [-0.15, -0.1) is 11.3 Å². The van der Waals surface area contributed by atoms with Gasteiger partial charge in [-0.2, -0.15) is 0 Å². The lowest BCUT2D eigenvalue weighted by Crippen LogP contribution is -2.37. The van der Waals surface area contributed by atoms with Crippen molar-refractivity contribution in [1.29, 1.82) is 0 Å². The van der Waals surface area contributed by atoms with Gasteiger partial charge in [0.05, 0.1) is 34.0 Å². The highest BCUT2D eigenvalue weighted by Gasteiger charge is 2.22. The first kappa shape index (κ1) is 18.5. The van der Waals surface area contributed by atoms with Gasteiger partial charge >= 0.3 is 0 Å². The van der Waals surface area contributed by atoms with E-state index in [1.807, 2.05) is 25.1 Å². The van der Waals surface area contributed by atoms with Crippen LogP contribution in [0.15, 0.2) is 18.2 Å². The van der Waals surface area contributed by atoms with Crippen LogP contribution in [0.5, 0.6) is 11.5 Å². The zero-order chi connectivity index (χ0) is 19.7. The predicted molar refractivity (Wildman–Crippen MR) is 110 cm³/mol. The molecule has 1 aliphatic heterocycles. The molecule has 3 aromatic rings. The van der Waals surface area contributed by atoms with Crippen molar-refractivity contribution in [3.05, 3.63) is 35.2 Å². The first-order valence-corrected chi connectivity index (χ1v) is 9.71. The summed E-state index contributed by atoms with van der Waals surface area (Å²) in [4.78, 5) is 16.4. The van der Waals surface area contributed by atoms with E-state index in [4.69, 9.17) is 30.8 Å². The first-order valence-electron chi connectivity index (χ1n) is 8.90. The molecule has 8 heteroatoms. The summed E-state index contributed by atoms with van der Waals surface area (Å²) in [7, 11) is 3.21. The second-order valence-corrected chi connectivity index (χ2v) is 7.34. The topological polar surface area (TPSA) is 61.1 Å². The molecule has 0 saturated carbocycles. The van der Waals surface area contributed by atoms with Crippen molar-refractivity contribution >= 4 is 32.4 Å². The highest BCUT2D eigenvalue weighted by Crippen LogP contribution is 2.42. The number of anilines is 1. The Labute approximate surface area is 167 Å². The molecule has 1 aliphatic rings. The molecule has 144 valence electrons. The normalized spacial score (nSPS) is 14.1. The van der Waals surface area contributed by atoms with Crippen LogP contribution in [0, 0.1) is 13.5 Å². The number of hydrogen-bond donors (Lipinski definition) is 0. The van der Waals surface area contributed by atoms with Crippen LogP contribution in [0.1, 0.15) is 5.56 Å². The largest absolute Gasteiger partial charge is 0.493 e. The van der Waals surface area contributed by atoms with Crippen LogP contribution >= 0.6 is 11.3 Å². The van der Waals surface area contributed by atoms with E-state index in [0.29, 0.717) is 35.5 Å². The minimum absolute atomic E-state index is 0.604. The zero-order valence-electron chi connectivity index (χ0n) is 16.0. The summed E-state index contributed by atoms with van der Waals surface area (Å²) in [6, 6.07) is 5.64. The Balaban J connectivity index is 1.91. The van der Waals surface area contributed by atoms with Crippen molar-refractivity contribution < 1.29 is 14.2 Å². The maximum Gasteiger partial charge on any atom is 0.246 e. The van der Waals surface area contributed by atoms with Gasteiger partial charge in [-0.1, -0.05) is 0 Å². The molecule has 0 spiro atoms. The smallest absolute Gasteiger partial charge is 0.246 e. The second kappa shape index (κ2) is 7.62. The summed E-state index contributed by atoms with van der Waals surface area (Å²) in [6.07, 6.45) is 0. The quantitative estimate of drug-likeness (QED) is 0.620. The van der Waals surface area contributed by atoms with Crippen LogP contribution in [0.4, 0.5) is 10.8 Å². The highest BCUT2D eigenvalue weighted by molar-refractivity contribution is 7.22. The summed E-state index contributed by atoms with van der Waals surface area (Å²) in [5.74, 6) is 2.75. The van der Waals surface area contributed by atoms with Crippen LogP contribution in [-0.4, -0.2) is 50.5 Å². The van der Waals surface area contributed by atoms with E-state index in [-0.39, 0.29) is 0 Å².